The summed E-state index contributed by atoms with van der Waals surface area (Å²) < 4.78 is 4.61. The number of hydrogen-bond acceptors (Lipinski definition) is 6. The van der Waals surface area contributed by atoms with Crippen LogP contribution in [0.15, 0.2) is 11.6 Å². The summed E-state index contributed by atoms with van der Waals surface area (Å²) in [7, 11) is 0. The molecule has 18 heavy (non-hydrogen) atoms. The second kappa shape index (κ2) is 7.25. The number of carbonyl (C=O) groups excluding carboxylic acids is 2. The summed E-state index contributed by atoms with van der Waals surface area (Å²) in [4.78, 5) is 24.8. The van der Waals surface area contributed by atoms with Crippen LogP contribution in [0.25, 0.3) is 0 Å². The standard InChI is InChI=1S/C12H19NO5/c1-2-3-4-9-10(12(17)18-11(9)16)13(5-7-14)6-8-15/h4,10,14-15H,2-3,5-8H2,1H3. The molecule has 6 nitrogen and oxygen atoms in total. The third-order valence-corrected chi connectivity index (χ3v) is 2.74. The molecule has 1 atom stereocenters. The number of nitrogens with zero attached hydrogens (tertiary/aromatic N) is 1. The maximum atomic E-state index is 11.7. The molecule has 1 saturated heterocycles. The molecule has 0 aromatic carbocycles. The van der Waals surface area contributed by atoms with E-state index < -0.39 is 18.0 Å². The summed E-state index contributed by atoms with van der Waals surface area (Å²) in [5.41, 5.74) is 0.309. The van der Waals surface area contributed by atoms with Gasteiger partial charge in [-0.3, -0.25) is 4.90 Å². The predicted molar refractivity (Wildman–Crippen MR) is 63.6 cm³/mol. The maximum Gasteiger partial charge on any atom is 0.343 e. The fourth-order valence-electron chi connectivity index (χ4n) is 1.91. The molecule has 1 unspecified atom stereocenters. The predicted octanol–water partition coefficient (Wildman–Crippen LogP) is -0.548. The molecule has 0 radical (unpaired) electrons. The van der Waals surface area contributed by atoms with Crippen LogP contribution < -0.4 is 0 Å². The fraction of sp³-hybridized carbons (Fsp3) is 0.667. The lowest BCUT2D eigenvalue weighted by atomic mass is 10.1. The Bertz CT molecular complexity index is 333. The highest BCUT2D eigenvalue weighted by Gasteiger charge is 2.42. The number of aliphatic hydroxyl groups is 2. The molecule has 1 rings (SSSR count). The molecule has 0 aromatic heterocycles. The number of unbranched alkanes of at least 4 members (excludes halogenated alkanes) is 1. The average molecular weight is 257 g/mol. The van der Waals surface area contributed by atoms with Crippen LogP contribution in [0.3, 0.4) is 0 Å². The van der Waals surface area contributed by atoms with Crippen molar-refractivity contribution in [1.82, 2.24) is 4.90 Å². The third-order valence-electron chi connectivity index (χ3n) is 2.74. The molecule has 2 N–H and O–H groups in total. The molecule has 0 saturated carbocycles. The summed E-state index contributed by atoms with van der Waals surface area (Å²) in [6.45, 7) is 2.07. The lowest BCUT2D eigenvalue weighted by molar-refractivity contribution is -0.153. The van der Waals surface area contributed by atoms with Crippen molar-refractivity contribution in [1.29, 1.82) is 0 Å². The summed E-state index contributed by atoms with van der Waals surface area (Å²) >= 11 is 0. The number of esters is 2. The van der Waals surface area contributed by atoms with Gasteiger partial charge in [0.25, 0.3) is 0 Å². The number of ether oxygens (including phenoxy) is 1. The summed E-state index contributed by atoms with van der Waals surface area (Å²) in [5, 5.41) is 17.9. The normalized spacial score (nSPS) is 22.0. The molecule has 1 aliphatic heterocycles. The van der Waals surface area contributed by atoms with E-state index in [1.807, 2.05) is 6.92 Å². The second-order valence-electron chi connectivity index (χ2n) is 4.04. The van der Waals surface area contributed by atoms with Crippen LogP contribution >= 0.6 is 0 Å². The smallest absolute Gasteiger partial charge is 0.343 e. The Labute approximate surface area is 106 Å². The summed E-state index contributed by atoms with van der Waals surface area (Å²) in [5.74, 6) is -1.26. The number of cyclic esters (lactones) is 2. The van der Waals surface area contributed by atoms with Crippen molar-refractivity contribution >= 4 is 11.9 Å². The molecule has 0 bridgehead atoms. The van der Waals surface area contributed by atoms with Crippen molar-refractivity contribution in [3.05, 3.63) is 11.6 Å². The average Bonchev–Trinajstić information content (AvgIpc) is 2.61. The number of hydrogen-bond donors (Lipinski definition) is 2. The highest BCUT2D eigenvalue weighted by molar-refractivity contribution is 6.09. The minimum Gasteiger partial charge on any atom is -0.395 e. The minimum absolute atomic E-state index is 0.154. The highest BCUT2D eigenvalue weighted by atomic mass is 16.6. The Morgan fingerprint density at radius 3 is 2.39 bits per heavy atom. The van der Waals surface area contributed by atoms with Gasteiger partial charge < -0.3 is 14.9 Å². The van der Waals surface area contributed by atoms with E-state index in [0.717, 1.165) is 6.42 Å². The van der Waals surface area contributed by atoms with Crippen molar-refractivity contribution in [2.24, 2.45) is 0 Å². The zero-order chi connectivity index (χ0) is 13.5. The van der Waals surface area contributed by atoms with Crippen molar-refractivity contribution in [2.75, 3.05) is 26.3 Å². The van der Waals surface area contributed by atoms with E-state index in [4.69, 9.17) is 10.2 Å². The molecule has 0 amide bonds. The summed E-state index contributed by atoms with van der Waals surface area (Å²) in [6, 6.07) is -0.802. The molecule has 1 heterocycles. The molecule has 1 aliphatic rings. The monoisotopic (exact) mass is 257 g/mol. The Morgan fingerprint density at radius 2 is 1.89 bits per heavy atom. The Kier molecular flexibility index (Phi) is 5.97. The highest BCUT2D eigenvalue weighted by Crippen LogP contribution is 2.22. The maximum absolute atomic E-state index is 11.7. The van der Waals surface area contributed by atoms with Crippen molar-refractivity contribution in [2.45, 2.75) is 25.8 Å². The summed E-state index contributed by atoms with van der Waals surface area (Å²) in [6.07, 6.45) is 3.23. The van der Waals surface area contributed by atoms with Gasteiger partial charge in [-0.05, 0) is 6.42 Å². The fourth-order valence-corrected chi connectivity index (χ4v) is 1.91. The van der Waals surface area contributed by atoms with Crippen LogP contribution in [-0.4, -0.2) is 59.4 Å². The lowest BCUT2D eigenvalue weighted by Gasteiger charge is -2.24. The van der Waals surface area contributed by atoms with Gasteiger partial charge in [-0.15, -0.1) is 0 Å². The van der Waals surface area contributed by atoms with Crippen LogP contribution in [0.1, 0.15) is 19.8 Å². The number of allylic oxidation sites excluding steroid dienone is 1. The van der Waals surface area contributed by atoms with Gasteiger partial charge in [-0.1, -0.05) is 19.4 Å². The van der Waals surface area contributed by atoms with Crippen LogP contribution in [0, 0.1) is 0 Å². The first kappa shape index (κ1) is 14.8. The quantitative estimate of drug-likeness (QED) is 0.361. The van der Waals surface area contributed by atoms with Gasteiger partial charge >= 0.3 is 11.9 Å². The molecule has 102 valence electrons. The van der Waals surface area contributed by atoms with E-state index in [9.17, 15) is 9.59 Å². The van der Waals surface area contributed by atoms with Crippen LogP contribution in [0.2, 0.25) is 0 Å². The zero-order valence-corrected chi connectivity index (χ0v) is 10.5. The molecular formula is C12H19NO5. The SMILES string of the molecule is CCCC=C1C(=O)OC(=O)C1N(CCO)CCO. The van der Waals surface area contributed by atoms with E-state index in [1.165, 1.54) is 0 Å². The van der Waals surface area contributed by atoms with E-state index in [2.05, 4.69) is 4.74 Å². The number of aliphatic hydroxyl groups excluding tert-OH is 2. The van der Waals surface area contributed by atoms with Crippen LogP contribution in [-0.2, 0) is 14.3 Å². The largest absolute Gasteiger partial charge is 0.395 e. The van der Waals surface area contributed by atoms with Crippen LogP contribution in [0.4, 0.5) is 0 Å². The van der Waals surface area contributed by atoms with E-state index >= 15 is 0 Å². The van der Waals surface area contributed by atoms with Gasteiger partial charge in [0.05, 0.1) is 18.8 Å². The van der Waals surface area contributed by atoms with Crippen LogP contribution in [0.5, 0.6) is 0 Å². The van der Waals surface area contributed by atoms with Gasteiger partial charge in [-0.25, -0.2) is 9.59 Å². The zero-order valence-electron chi connectivity index (χ0n) is 10.5. The van der Waals surface area contributed by atoms with E-state index in [1.54, 1.807) is 11.0 Å². The topological polar surface area (TPSA) is 87.1 Å². The van der Waals surface area contributed by atoms with E-state index in [-0.39, 0.29) is 26.3 Å². The molecule has 0 aliphatic carbocycles. The lowest BCUT2D eigenvalue weighted by Crippen LogP contribution is -2.43. The Hall–Kier alpha value is -1.24. The second-order valence-corrected chi connectivity index (χ2v) is 4.04. The van der Waals surface area contributed by atoms with Gasteiger partial charge in [0, 0.05) is 13.1 Å². The van der Waals surface area contributed by atoms with Crippen molar-refractivity contribution < 1.29 is 24.5 Å². The van der Waals surface area contributed by atoms with Gasteiger partial charge in [0.15, 0.2) is 0 Å². The minimum atomic E-state index is -0.802. The molecule has 1 fully saturated rings. The molecule has 0 spiro atoms. The third kappa shape index (κ3) is 3.38. The molecule has 0 aromatic rings. The Morgan fingerprint density at radius 1 is 1.28 bits per heavy atom. The number of rotatable bonds is 7. The van der Waals surface area contributed by atoms with Crippen molar-refractivity contribution in [3.8, 4) is 0 Å². The van der Waals surface area contributed by atoms with Crippen molar-refractivity contribution in [3.63, 3.8) is 0 Å². The van der Waals surface area contributed by atoms with E-state index in [0.29, 0.717) is 12.0 Å². The first-order valence-corrected chi connectivity index (χ1v) is 6.07. The first-order chi connectivity index (χ1) is 8.65. The molecular weight excluding hydrogens is 238 g/mol. The van der Waals surface area contributed by atoms with Gasteiger partial charge in [-0.2, -0.15) is 0 Å². The van der Waals surface area contributed by atoms with Gasteiger partial charge in [0.2, 0.25) is 0 Å². The number of carbonyl (C=O) groups is 2. The molecule has 6 heteroatoms. The Balaban J connectivity index is 2.92. The first-order valence-electron chi connectivity index (χ1n) is 6.07. The van der Waals surface area contributed by atoms with Gasteiger partial charge in [0.1, 0.15) is 6.04 Å².